The Kier molecular flexibility index (Phi) is 4.13. The molecule has 1 N–H and O–H groups in total. The predicted octanol–water partition coefficient (Wildman–Crippen LogP) is -0.0924. The van der Waals surface area contributed by atoms with Crippen LogP contribution >= 0.6 is 0 Å². The van der Waals surface area contributed by atoms with Crippen molar-refractivity contribution in [3.8, 4) is 0 Å². The van der Waals surface area contributed by atoms with Crippen molar-refractivity contribution >= 4 is 17.4 Å². The maximum atomic E-state index is 10.8. The minimum Gasteiger partial charge on any atom is -0.755 e. The van der Waals surface area contributed by atoms with Crippen LogP contribution < -0.4 is 4.72 Å². The summed E-state index contributed by atoms with van der Waals surface area (Å²) in [5.74, 6) is 0. The van der Waals surface area contributed by atoms with Crippen molar-refractivity contribution in [1.29, 1.82) is 0 Å². The van der Waals surface area contributed by atoms with Crippen LogP contribution in [0.4, 0.5) is 4.79 Å². The summed E-state index contributed by atoms with van der Waals surface area (Å²) in [7, 11) is 0. The molecule has 0 bridgehead atoms. The van der Waals surface area contributed by atoms with Gasteiger partial charge in [0.15, 0.2) is 0 Å². The van der Waals surface area contributed by atoms with Gasteiger partial charge >= 0.3 is 6.09 Å². The van der Waals surface area contributed by atoms with Crippen LogP contribution in [-0.2, 0) is 16.1 Å². The zero-order valence-electron chi connectivity index (χ0n) is 7.02. The molecule has 0 aromatic rings. The van der Waals surface area contributed by atoms with Crippen LogP contribution in [0.25, 0.3) is 0 Å². The number of hydrogen-bond acceptors (Lipinski definition) is 5. The second-order valence-electron chi connectivity index (χ2n) is 2.71. The average Bonchev–Trinajstić information content (AvgIpc) is 2.04. The van der Waals surface area contributed by atoms with Gasteiger partial charge in [0, 0.05) is 24.4 Å². The Bertz CT molecular complexity index is 205. The van der Waals surface area contributed by atoms with E-state index in [0.29, 0.717) is 13.1 Å². The zero-order chi connectivity index (χ0) is 9.68. The summed E-state index contributed by atoms with van der Waals surface area (Å²) in [5.41, 5.74) is 0. The van der Waals surface area contributed by atoms with Gasteiger partial charge < -0.3 is 9.39 Å². The fraction of sp³-hybridized carbons (Fsp3) is 0.833. The third-order valence-corrected chi connectivity index (χ3v) is 2.03. The smallest absolute Gasteiger partial charge is 0.437 e. The lowest BCUT2D eigenvalue weighted by Crippen LogP contribution is -2.37. The van der Waals surface area contributed by atoms with Gasteiger partial charge in [-0.05, 0) is 12.8 Å². The Morgan fingerprint density at radius 1 is 1.38 bits per heavy atom. The van der Waals surface area contributed by atoms with Gasteiger partial charge in [0.25, 0.3) is 0 Å². The molecule has 0 spiro atoms. The summed E-state index contributed by atoms with van der Waals surface area (Å²) in [6.45, 7) is 1.33. The molecule has 1 amide bonds. The van der Waals surface area contributed by atoms with Crippen LogP contribution in [0.2, 0.25) is 0 Å². The Balaban J connectivity index is 2.22. The number of hydroxylamine groups is 2. The van der Waals surface area contributed by atoms with E-state index in [4.69, 9.17) is 4.84 Å². The molecule has 1 unspecified atom stereocenters. The van der Waals surface area contributed by atoms with Crippen molar-refractivity contribution in [1.82, 2.24) is 9.79 Å². The van der Waals surface area contributed by atoms with Crippen LogP contribution in [0.5, 0.6) is 0 Å². The monoisotopic (exact) mass is 207 g/mol. The molecule has 76 valence electrons. The Morgan fingerprint density at radius 2 is 2.00 bits per heavy atom. The van der Waals surface area contributed by atoms with E-state index in [1.807, 2.05) is 0 Å². The molecule has 1 fully saturated rings. The van der Waals surface area contributed by atoms with Crippen LogP contribution in [-0.4, -0.2) is 33.0 Å². The summed E-state index contributed by atoms with van der Waals surface area (Å²) in [4.78, 5) is 15.4. The van der Waals surface area contributed by atoms with Gasteiger partial charge in [-0.1, -0.05) is 6.42 Å². The molecular weight excluding hydrogens is 196 g/mol. The number of piperidine rings is 1. The van der Waals surface area contributed by atoms with Gasteiger partial charge in [-0.2, -0.15) is 0 Å². The van der Waals surface area contributed by atoms with Crippen molar-refractivity contribution in [2.24, 2.45) is 0 Å². The van der Waals surface area contributed by atoms with E-state index in [1.54, 1.807) is 4.72 Å². The van der Waals surface area contributed by atoms with E-state index in [0.717, 1.165) is 19.3 Å². The summed E-state index contributed by atoms with van der Waals surface area (Å²) in [6, 6.07) is 0. The SMILES string of the molecule is O=C(NS(=O)[O-])ON1CCCCC1. The third-order valence-electron chi connectivity index (χ3n) is 1.69. The second-order valence-corrected chi connectivity index (χ2v) is 3.38. The Morgan fingerprint density at radius 3 is 2.54 bits per heavy atom. The van der Waals surface area contributed by atoms with Crippen molar-refractivity contribution in [2.45, 2.75) is 19.3 Å². The highest BCUT2D eigenvalue weighted by Crippen LogP contribution is 2.08. The lowest BCUT2D eigenvalue weighted by molar-refractivity contribution is -0.109. The number of amides is 1. The molecule has 1 rings (SSSR count). The number of rotatable bonds is 2. The van der Waals surface area contributed by atoms with Gasteiger partial charge in [0.1, 0.15) is 0 Å². The molecule has 0 saturated carbocycles. The minimum atomic E-state index is -2.60. The second kappa shape index (κ2) is 5.15. The van der Waals surface area contributed by atoms with Crippen molar-refractivity contribution < 1.29 is 18.4 Å². The molecule has 1 aliphatic rings. The van der Waals surface area contributed by atoms with Crippen molar-refractivity contribution in [2.75, 3.05) is 13.1 Å². The van der Waals surface area contributed by atoms with E-state index < -0.39 is 17.4 Å². The summed E-state index contributed by atoms with van der Waals surface area (Å²) >= 11 is -2.60. The predicted molar refractivity (Wildman–Crippen MR) is 44.0 cm³/mol. The quantitative estimate of drug-likeness (QED) is 0.640. The Labute approximate surface area is 78.6 Å². The van der Waals surface area contributed by atoms with Crippen LogP contribution in [0.15, 0.2) is 0 Å². The standard InChI is InChI=1S/C6H12N2O4S/c9-6(7-13(10)11)12-8-4-2-1-3-5-8/h1-5H2,(H,7,9)(H,10,11)/p-1. The Hall–Kier alpha value is -0.660. The number of carbonyl (C=O) groups excluding carboxylic acids is 1. The van der Waals surface area contributed by atoms with Crippen molar-refractivity contribution in [3.05, 3.63) is 0 Å². The summed E-state index contributed by atoms with van der Waals surface area (Å²) < 4.78 is 21.6. The van der Waals surface area contributed by atoms with Gasteiger partial charge in [0.2, 0.25) is 0 Å². The number of carbonyl (C=O) groups is 1. The lowest BCUT2D eigenvalue weighted by atomic mass is 10.2. The zero-order valence-corrected chi connectivity index (χ0v) is 7.84. The first-order chi connectivity index (χ1) is 6.18. The van der Waals surface area contributed by atoms with E-state index in [1.165, 1.54) is 5.06 Å². The minimum absolute atomic E-state index is 0.666. The number of hydrogen-bond donors (Lipinski definition) is 1. The van der Waals surface area contributed by atoms with Gasteiger partial charge in [-0.15, -0.1) is 5.06 Å². The highest BCUT2D eigenvalue weighted by Gasteiger charge is 2.14. The summed E-state index contributed by atoms with van der Waals surface area (Å²) in [6.07, 6.45) is 2.10. The molecule has 0 aliphatic carbocycles. The number of nitrogens with zero attached hydrogens (tertiary/aromatic N) is 1. The van der Waals surface area contributed by atoms with E-state index >= 15 is 0 Å². The fourth-order valence-corrected chi connectivity index (χ4v) is 1.33. The van der Waals surface area contributed by atoms with Crippen LogP contribution in [0.1, 0.15) is 19.3 Å². The van der Waals surface area contributed by atoms with E-state index in [2.05, 4.69) is 0 Å². The molecule has 0 radical (unpaired) electrons. The fourth-order valence-electron chi connectivity index (χ4n) is 1.16. The normalized spacial score (nSPS) is 20.7. The summed E-state index contributed by atoms with van der Waals surface area (Å²) in [5, 5.41) is 1.46. The van der Waals surface area contributed by atoms with Gasteiger partial charge in [-0.3, -0.25) is 4.21 Å². The third kappa shape index (κ3) is 4.20. The molecule has 7 heteroatoms. The van der Waals surface area contributed by atoms with Gasteiger partial charge in [-0.25, -0.2) is 9.52 Å². The first kappa shape index (κ1) is 10.4. The molecule has 0 aromatic heterocycles. The molecule has 1 heterocycles. The first-order valence-electron chi connectivity index (χ1n) is 4.01. The molecule has 6 nitrogen and oxygen atoms in total. The molecule has 0 aromatic carbocycles. The van der Waals surface area contributed by atoms with Gasteiger partial charge in [0.05, 0.1) is 0 Å². The van der Waals surface area contributed by atoms with Crippen LogP contribution in [0, 0.1) is 0 Å². The maximum Gasteiger partial charge on any atom is 0.437 e. The average molecular weight is 207 g/mol. The largest absolute Gasteiger partial charge is 0.755 e. The molecule has 13 heavy (non-hydrogen) atoms. The van der Waals surface area contributed by atoms with E-state index in [-0.39, 0.29) is 0 Å². The maximum absolute atomic E-state index is 10.8. The lowest BCUT2D eigenvalue weighted by Gasteiger charge is -2.24. The van der Waals surface area contributed by atoms with Crippen molar-refractivity contribution in [3.63, 3.8) is 0 Å². The highest BCUT2D eigenvalue weighted by molar-refractivity contribution is 7.77. The number of nitrogens with one attached hydrogen (secondary N) is 1. The first-order valence-corrected chi connectivity index (χ1v) is 5.09. The van der Waals surface area contributed by atoms with E-state index in [9.17, 15) is 13.6 Å². The van der Waals surface area contributed by atoms with Crippen LogP contribution in [0.3, 0.4) is 0 Å². The molecular formula is C6H11N2O4S-. The topological polar surface area (TPSA) is 81.7 Å². The molecule has 1 atom stereocenters. The molecule has 1 aliphatic heterocycles. The highest BCUT2D eigenvalue weighted by atomic mass is 32.2. The molecule has 1 saturated heterocycles.